The Labute approximate surface area is 179 Å². The summed E-state index contributed by atoms with van der Waals surface area (Å²) in [7, 11) is 0. The van der Waals surface area contributed by atoms with Crippen molar-refractivity contribution in [2.45, 2.75) is 32.3 Å². The molecule has 3 N–H and O–H groups in total. The first-order valence-corrected chi connectivity index (χ1v) is 9.49. The number of nitrogens with two attached hydrogens (primary N) is 1. The molecule has 0 radical (unpaired) electrons. The summed E-state index contributed by atoms with van der Waals surface area (Å²) in [5.74, 6) is -1.44. The first-order valence-electron chi connectivity index (χ1n) is 9.49. The van der Waals surface area contributed by atoms with Gasteiger partial charge in [0.1, 0.15) is 5.75 Å². The van der Waals surface area contributed by atoms with Gasteiger partial charge in [0.2, 0.25) is 0 Å². The fraction of sp³-hybridized carbons (Fsp3) is 0.227. The second-order valence-electron chi connectivity index (χ2n) is 6.96. The number of hydrogen-bond donors (Lipinski definition) is 2. The predicted molar refractivity (Wildman–Crippen MR) is 106 cm³/mol. The Kier molecular flexibility index (Phi) is 6.25. The van der Waals surface area contributed by atoms with Crippen LogP contribution in [0, 0.1) is 0 Å². The smallest absolute Gasteiger partial charge is 0.405 e. The quantitative estimate of drug-likeness (QED) is 0.427. The number of primary amides is 1. The maximum Gasteiger partial charge on any atom is 0.573 e. The molecule has 1 heterocycles. The standard InChI is InChI=1S/C22H18F6N2O2/c1-2-5-15-17(20(29)31)19(14-6-3-4-7-16(14)32-22(26,27)28)30-18(15)12-8-10-13(11-9-12)21(23,24)25/h3-4,6-11,30H,2,5H2,1H3,(H2,29,31). The van der Waals surface area contributed by atoms with Crippen molar-refractivity contribution in [3.63, 3.8) is 0 Å². The van der Waals surface area contributed by atoms with Gasteiger partial charge in [0.05, 0.1) is 16.8 Å². The SMILES string of the molecule is CCCc1c(-c2ccc(C(F)(F)F)cc2)[nH]c(-c2ccccc2OC(F)(F)F)c1C(N)=O. The Bertz CT molecular complexity index is 1110. The van der Waals surface area contributed by atoms with Crippen molar-refractivity contribution < 1.29 is 35.9 Å². The summed E-state index contributed by atoms with van der Waals surface area (Å²) in [6, 6.07) is 9.42. The van der Waals surface area contributed by atoms with Crippen molar-refractivity contribution >= 4 is 5.91 Å². The van der Waals surface area contributed by atoms with Crippen LogP contribution in [0.2, 0.25) is 0 Å². The average Bonchev–Trinajstić information content (AvgIpc) is 3.06. The molecule has 0 atom stereocenters. The molecule has 2 aromatic carbocycles. The van der Waals surface area contributed by atoms with Crippen molar-refractivity contribution in [2.75, 3.05) is 0 Å². The number of amides is 1. The molecule has 0 unspecified atom stereocenters. The normalized spacial score (nSPS) is 12.1. The molecular weight excluding hydrogens is 438 g/mol. The summed E-state index contributed by atoms with van der Waals surface area (Å²) < 4.78 is 81.5. The molecule has 3 rings (SSSR count). The second-order valence-corrected chi connectivity index (χ2v) is 6.96. The first-order chi connectivity index (χ1) is 14.9. The highest BCUT2D eigenvalue weighted by Gasteiger charge is 2.34. The number of alkyl halides is 6. The fourth-order valence-corrected chi connectivity index (χ4v) is 3.47. The van der Waals surface area contributed by atoms with Crippen molar-refractivity contribution in [3.05, 3.63) is 65.2 Å². The number of hydrogen-bond acceptors (Lipinski definition) is 2. The number of aromatic amines is 1. The third kappa shape index (κ3) is 4.90. The number of ether oxygens (including phenoxy) is 1. The minimum absolute atomic E-state index is 0.00398. The number of carbonyl (C=O) groups excluding carboxylic acids is 1. The molecule has 4 nitrogen and oxygen atoms in total. The van der Waals surface area contributed by atoms with Gasteiger partial charge in [-0.15, -0.1) is 13.2 Å². The summed E-state index contributed by atoms with van der Waals surface area (Å²) in [5.41, 5.74) is 5.62. The van der Waals surface area contributed by atoms with E-state index in [1.807, 2.05) is 6.92 Å². The summed E-state index contributed by atoms with van der Waals surface area (Å²) in [5, 5.41) is 0. The van der Waals surface area contributed by atoms with Gasteiger partial charge < -0.3 is 15.5 Å². The summed E-state index contributed by atoms with van der Waals surface area (Å²) in [6.07, 6.45) is -8.64. The van der Waals surface area contributed by atoms with E-state index in [1.54, 1.807) is 0 Å². The number of carbonyl (C=O) groups is 1. The van der Waals surface area contributed by atoms with Gasteiger partial charge in [0, 0.05) is 11.3 Å². The molecule has 0 aliphatic carbocycles. The van der Waals surface area contributed by atoms with E-state index in [0.717, 1.165) is 18.2 Å². The van der Waals surface area contributed by atoms with Crippen molar-refractivity contribution in [2.24, 2.45) is 5.73 Å². The molecule has 10 heteroatoms. The molecule has 0 spiro atoms. The van der Waals surface area contributed by atoms with Crippen LogP contribution < -0.4 is 10.5 Å². The van der Waals surface area contributed by atoms with Gasteiger partial charge >= 0.3 is 12.5 Å². The molecule has 0 aliphatic heterocycles. The van der Waals surface area contributed by atoms with E-state index in [-0.39, 0.29) is 16.8 Å². The van der Waals surface area contributed by atoms with Gasteiger partial charge in [-0.1, -0.05) is 37.6 Å². The van der Waals surface area contributed by atoms with E-state index in [4.69, 9.17) is 5.73 Å². The van der Waals surface area contributed by atoms with E-state index >= 15 is 0 Å². The number of halogens is 6. The Hall–Kier alpha value is -3.43. The lowest BCUT2D eigenvalue weighted by Gasteiger charge is -2.13. The predicted octanol–water partition coefficient (Wildman–Crippen LogP) is 6.32. The number of rotatable bonds is 6. The molecular formula is C22H18F6N2O2. The zero-order valence-electron chi connectivity index (χ0n) is 16.7. The fourth-order valence-electron chi connectivity index (χ4n) is 3.47. The lowest BCUT2D eigenvalue weighted by molar-refractivity contribution is -0.274. The Morgan fingerprint density at radius 1 is 0.969 bits per heavy atom. The maximum atomic E-state index is 12.9. The first kappa shape index (κ1) is 23.2. The van der Waals surface area contributed by atoms with Crippen LogP contribution in [0.25, 0.3) is 22.5 Å². The van der Waals surface area contributed by atoms with Gasteiger partial charge in [-0.2, -0.15) is 13.2 Å². The van der Waals surface area contributed by atoms with E-state index in [9.17, 15) is 31.1 Å². The van der Waals surface area contributed by atoms with E-state index in [0.29, 0.717) is 29.7 Å². The van der Waals surface area contributed by atoms with Crippen molar-refractivity contribution in [1.29, 1.82) is 0 Å². The van der Waals surface area contributed by atoms with Gasteiger partial charge in [0.25, 0.3) is 5.91 Å². The molecule has 3 aromatic rings. The number of aromatic nitrogens is 1. The van der Waals surface area contributed by atoms with Crippen molar-refractivity contribution in [3.8, 4) is 28.3 Å². The van der Waals surface area contributed by atoms with Crippen LogP contribution in [0.3, 0.4) is 0 Å². The third-order valence-electron chi connectivity index (χ3n) is 4.73. The summed E-state index contributed by atoms with van der Waals surface area (Å²) in [4.78, 5) is 15.2. The molecule has 170 valence electrons. The minimum Gasteiger partial charge on any atom is -0.405 e. The largest absolute Gasteiger partial charge is 0.573 e. The Morgan fingerprint density at radius 3 is 2.12 bits per heavy atom. The molecule has 1 aromatic heterocycles. The van der Waals surface area contributed by atoms with Crippen LogP contribution in [-0.2, 0) is 12.6 Å². The van der Waals surface area contributed by atoms with Gasteiger partial charge in [0.15, 0.2) is 0 Å². The molecule has 0 bridgehead atoms. The zero-order valence-corrected chi connectivity index (χ0v) is 16.7. The van der Waals surface area contributed by atoms with Gasteiger partial charge in [-0.3, -0.25) is 4.79 Å². The number of para-hydroxylation sites is 1. The lowest BCUT2D eigenvalue weighted by Crippen LogP contribution is -2.18. The third-order valence-corrected chi connectivity index (χ3v) is 4.73. The van der Waals surface area contributed by atoms with Crippen LogP contribution >= 0.6 is 0 Å². The van der Waals surface area contributed by atoms with Crippen LogP contribution in [0.4, 0.5) is 26.3 Å². The molecule has 0 saturated carbocycles. The molecule has 0 aliphatic rings. The highest BCUT2D eigenvalue weighted by atomic mass is 19.4. The topological polar surface area (TPSA) is 68.1 Å². The summed E-state index contributed by atoms with van der Waals surface area (Å²) in [6.45, 7) is 1.81. The van der Waals surface area contributed by atoms with Gasteiger partial charge in [-0.05, 0) is 41.8 Å². The van der Waals surface area contributed by atoms with Gasteiger partial charge in [-0.25, -0.2) is 0 Å². The minimum atomic E-state index is -4.97. The highest BCUT2D eigenvalue weighted by Crippen LogP contribution is 2.40. The number of nitrogens with one attached hydrogen (secondary N) is 1. The number of benzene rings is 2. The van der Waals surface area contributed by atoms with Crippen LogP contribution in [0.1, 0.15) is 34.8 Å². The van der Waals surface area contributed by atoms with Crippen LogP contribution in [-0.4, -0.2) is 17.3 Å². The number of H-pyrrole nitrogens is 1. The van der Waals surface area contributed by atoms with E-state index in [2.05, 4.69) is 9.72 Å². The molecule has 32 heavy (non-hydrogen) atoms. The average molecular weight is 456 g/mol. The Morgan fingerprint density at radius 2 is 1.59 bits per heavy atom. The highest BCUT2D eigenvalue weighted by molar-refractivity contribution is 6.03. The zero-order chi connectivity index (χ0) is 23.7. The molecule has 1 amide bonds. The second kappa shape index (κ2) is 8.60. The van der Waals surface area contributed by atoms with Crippen LogP contribution in [0.15, 0.2) is 48.5 Å². The van der Waals surface area contributed by atoms with Crippen molar-refractivity contribution in [1.82, 2.24) is 4.98 Å². The van der Waals surface area contributed by atoms with Crippen LogP contribution in [0.5, 0.6) is 5.75 Å². The lowest BCUT2D eigenvalue weighted by atomic mass is 9.97. The van der Waals surface area contributed by atoms with E-state index < -0.39 is 29.8 Å². The molecule has 0 saturated heterocycles. The maximum absolute atomic E-state index is 12.9. The molecule has 0 fully saturated rings. The Balaban J connectivity index is 2.23. The van der Waals surface area contributed by atoms with E-state index in [1.165, 1.54) is 30.3 Å². The summed E-state index contributed by atoms with van der Waals surface area (Å²) >= 11 is 0. The monoisotopic (exact) mass is 456 g/mol.